The van der Waals surface area contributed by atoms with Gasteiger partial charge in [0.2, 0.25) is 5.91 Å². The third-order valence-corrected chi connectivity index (χ3v) is 7.03. The Morgan fingerprint density at radius 2 is 1.66 bits per heavy atom. The van der Waals surface area contributed by atoms with E-state index in [0.29, 0.717) is 5.69 Å². The molecule has 0 radical (unpaired) electrons. The number of nitrogens with one attached hydrogen (secondary N) is 2. The number of rotatable bonds is 9. The van der Waals surface area contributed by atoms with Crippen LogP contribution in [0.2, 0.25) is 0 Å². The lowest BCUT2D eigenvalue weighted by atomic mass is 9.94. The summed E-state index contributed by atoms with van der Waals surface area (Å²) in [5, 5.41) is 3.07. The van der Waals surface area contributed by atoms with Gasteiger partial charge in [-0.05, 0) is 68.0 Å². The summed E-state index contributed by atoms with van der Waals surface area (Å²) in [4.78, 5) is 12.9. The SMILES string of the molecule is CCCc1ccc(S(=O)(=O)Nc2ccc(C3(C(=O)N[C@@H](C)CC)CC3)cc2)cc1. The summed E-state index contributed by atoms with van der Waals surface area (Å²) >= 11 is 0. The van der Waals surface area contributed by atoms with Crippen molar-refractivity contribution in [3.8, 4) is 0 Å². The molecule has 0 aliphatic heterocycles. The summed E-state index contributed by atoms with van der Waals surface area (Å²) in [7, 11) is -3.64. The molecule has 0 unspecified atom stereocenters. The average Bonchev–Trinajstić information content (AvgIpc) is 3.51. The number of sulfonamides is 1. The average molecular weight is 415 g/mol. The fourth-order valence-corrected chi connectivity index (χ4v) is 4.49. The molecule has 0 heterocycles. The standard InChI is InChI=1S/C23H30N2O3S/c1-4-6-18-7-13-21(14-8-18)29(27,28)25-20-11-9-19(10-12-20)23(15-16-23)22(26)24-17(3)5-2/h7-14,17,25H,4-6,15-16H2,1-3H3,(H,24,26)/t17-/m0/s1. The van der Waals surface area contributed by atoms with Crippen LogP contribution in [-0.2, 0) is 26.7 Å². The number of carbonyl (C=O) groups excluding carboxylic acids is 1. The summed E-state index contributed by atoms with van der Waals surface area (Å²) < 4.78 is 27.9. The first-order valence-electron chi connectivity index (χ1n) is 10.3. The normalized spacial score (nSPS) is 16.1. The molecule has 5 nitrogen and oxygen atoms in total. The van der Waals surface area contributed by atoms with E-state index in [2.05, 4.69) is 17.0 Å². The smallest absolute Gasteiger partial charge is 0.261 e. The van der Waals surface area contributed by atoms with Crippen LogP contribution in [0.4, 0.5) is 5.69 Å². The minimum absolute atomic E-state index is 0.0624. The predicted octanol–water partition coefficient (Wildman–Crippen LogP) is 4.39. The molecule has 0 aromatic heterocycles. The van der Waals surface area contributed by atoms with Gasteiger partial charge >= 0.3 is 0 Å². The van der Waals surface area contributed by atoms with Gasteiger partial charge in [0.25, 0.3) is 10.0 Å². The summed E-state index contributed by atoms with van der Waals surface area (Å²) in [5.41, 5.74) is 2.09. The maximum absolute atomic E-state index is 12.7. The third-order valence-electron chi connectivity index (χ3n) is 5.64. The Hall–Kier alpha value is -2.34. The molecule has 1 fully saturated rings. The second-order valence-electron chi connectivity index (χ2n) is 7.94. The van der Waals surface area contributed by atoms with Gasteiger partial charge in [0.05, 0.1) is 10.3 Å². The van der Waals surface area contributed by atoms with Crippen molar-refractivity contribution in [2.45, 2.75) is 69.2 Å². The highest BCUT2D eigenvalue weighted by Gasteiger charge is 2.51. The molecular weight excluding hydrogens is 384 g/mol. The maximum Gasteiger partial charge on any atom is 0.261 e. The van der Waals surface area contributed by atoms with E-state index >= 15 is 0 Å². The van der Waals surface area contributed by atoms with Crippen molar-refractivity contribution < 1.29 is 13.2 Å². The lowest BCUT2D eigenvalue weighted by Gasteiger charge is -2.19. The van der Waals surface area contributed by atoms with Crippen molar-refractivity contribution in [1.29, 1.82) is 0 Å². The molecule has 1 amide bonds. The molecular formula is C23H30N2O3S. The molecule has 2 N–H and O–H groups in total. The van der Waals surface area contributed by atoms with E-state index in [1.807, 2.05) is 38.1 Å². The summed E-state index contributed by atoms with van der Waals surface area (Å²) in [5.74, 6) is 0.0624. The highest BCUT2D eigenvalue weighted by molar-refractivity contribution is 7.92. The van der Waals surface area contributed by atoms with E-state index in [1.54, 1.807) is 24.3 Å². The summed E-state index contributed by atoms with van der Waals surface area (Å²) in [6.07, 6.45) is 4.49. The molecule has 2 aromatic carbocycles. The van der Waals surface area contributed by atoms with Gasteiger partial charge in [-0.2, -0.15) is 0 Å². The van der Waals surface area contributed by atoms with Gasteiger partial charge in [0, 0.05) is 11.7 Å². The Balaban J connectivity index is 1.71. The van der Waals surface area contributed by atoms with Crippen molar-refractivity contribution >= 4 is 21.6 Å². The molecule has 29 heavy (non-hydrogen) atoms. The minimum Gasteiger partial charge on any atom is -0.353 e. The van der Waals surface area contributed by atoms with Crippen molar-refractivity contribution in [3.63, 3.8) is 0 Å². The molecule has 0 bridgehead atoms. The number of anilines is 1. The monoisotopic (exact) mass is 414 g/mol. The van der Waals surface area contributed by atoms with E-state index in [0.717, 1.165) is 43.2 Å². The summed E-state index contributed by atoms with van der Waals surface area (Å²) in [6.45, 7) is 6.14. The molecule has 1 aliphatic rings. The van der Waals surface area contributed by atoms with Gasteiger partial charge in [0.1, 0.15) is 0 Å². The minimum atomic E-state index is -3.64. The molecule has 0 spiro atoms. The largest absolute Gasteiger partial charge is 0.353 e. The van der Waals surface area contributed by atoms with Gasteiger partial charge < -0.3 is 5.32 Å². The van der Waals surface area contributed by atoms with Crippen molar-refractivity contribution in [1.82, 2.24) is 5.32 Å². The van der Waals surface area contributed by atoms with Crippen LogP contribution in [0, 0.1) is 0 Å². The van der Waals surface area contributed by atoms with Gasteiger partial charge in [-0.15, -0.1) is 0 Å². The van der Waals surface area contributed by atoms with Gasteiger partial charge in [-0.1, -0.05) is 44.5 Å². The second kappa shape index (κ2) is 8.57. The van der Waals surface area contributed by atoms with Crippen molar-refractivity contribution in [3.05, 3.63) is 59.7 Å². The number of carbonyl (C=O) groups is 1. The Kier molecular flexibility index (Phi) is 6.32. The Labute approximate surface area is 174 Å². The van der Waals surface area contributed by atoms with Crippen LogP contribution in [0.25, 0.3) is 0 Å². The van der Waals surface area contributed by atoms with Gasteiger partial charge in [0.15, 0.2) is 0 Å². The van der Waals surface area contributed by atoms with Crippen LogP contribution in [-0.4, -0.2) is 20.4 Å². The number of hydrogen-bond donors (Lipinski definition) is 2. The molecule has 2 aromatic rings. The number of aryl methyl sites for hydroxylation is 1. The number of amides is 1. The molecule has 3 rings (SSSR count). The molecule has 6 heteroatoms. The zero-order valence-electron chi connectivity index (χ0n) is 17.4. The highest BCUT2D eigenvalue weighted by atomic mass is 32.2. The van der Waals surface area contributed by atoms with E-state index in [-0.39, 0.29) is 16.8 Å². The van der Waals surface area contributed by atoms with Crippen LogP contribution >= 0.6 is 0 Å². The van der Waals surface area contributed by atoms with Crippen molar-refractivity contribution in [2.24, 2.45) is 0 Å². The second-order valence-corrected chi connectivity index (χ2v) is 9.62. The fourth-order valence-electron chi connectivity index (χ4n) is 3.43. The zero-order valence-corrected chi connectivity index (χ0v) is 18.2. The van der Waals surface area contributed by atoms with E-state index in [4.69, 9.17) is 0 Å². The number of hydrogen-bond acceptors (Lipinski definition) is 3. The number of benzene rings is 2. The van der Waals surface area contributed by atoms with Gasteiger partial charge in [-0.3, -0.25) is 9.52 Å². The molecule has 1 saturated carbocycles. The van der Waals surface area contributed by atoms with Crippen LogP contribution in [0.5, 0.6) is 0 Å². The molecule has 1 atom stereocenters. The Morgan fingerprint density at radius 3 is 2.17 bits per heavy atom. The maximum atomic E-state index is 12.7. The van der Waals surface area contributed by atoms with Crippen LogP contribution in [0.3, 0.4) is 0 Å². The molecule has 156 valence electrons. The molecule has 0 saturated heterocycles. The Bertz CT molecular complexity index is 947. The van der Waals surface area contributed by atoms with E-state index in [9.17, 15) is 13.2 Å². The first-order valence-corrected chi connectivity index (χ1v) is 11.8. The lowest BCUT2D eigenvalue weighted by molar-refractivity contribution is -0.124. The Morgan fingerprint density at radius 1 is 1.03 bits per heavy atom. The fraction of sp³-hybridized carbons (Fsp3) is 0.435. The van der Waals surface area contributed by atoms with Crippen LogP contribution < -0.4 is 10.0 Å². The predicted molar refractivity (Wildman–Crippen MR) is 116 cm³/mol. The van der Waals surface area contributed by atoms with E-state index < -0.39 is 15.4 Å². The third kappa shape index (κ3) is 4.81. The zero-order chi connectivity index (χ0) is 21.1. The first kappa shape index (κ1) is 21.4. The summed E-state index contributed by atoms with van der Waals surface area (Å²) in [6, 6.07) is 14.3. The first-order chi connectivity index (χ1) is 13.8. The van der Waals surface area contributed by atoms with Crippen LogP contribution in [0.15, 0.2) is 53.4 Å². The van der Waals surface area contributed by atoms with E-state index in [1.165, 1.54) is 0 Å². The topological polar surface area (TPSA) is 75.3 Å². The highest BCUT2D eigenvalue weighted by Crippen LogP contribution is 2.48. The lowest BCUT2D eigenvalue weighted by Crippen LogP contribution is -2.39. The quantitative estimate of drug-likeness (QED) is 0.639. The van der Waals surface area contributed by atoms with Crippen LogP contribution in [0.1, 0.15) is 57.6 Å². The van der Waals surface area contributed by atoms with Crippen molar-refractivity contribution in [2.75, 3.05) is 4.72 Å². The molecule has 1 aliphatic carbocycles. The van der Waals surface area contributed by atoms with Gasteiger partial charge in [-0.25, -0.2) is 8.42 Å².